The molecule has 0 bridgehead atoms. The van der Waals surface area contributed by atoms with E-state index in [2.05, 4.69) is 6.58 Å². The fourth-order valence-corrected chi connectivity index (χ4v) is 1.92. The molecule has 0 aliphatic carbocycles. The highest BCUT2D eigenvalue weighted by Gasteiger charge is 2.33. The number of carbonyl (C=O) groups excluding carboxylic acids is 2. The van der Waals surface area contributed by atoms with E-state index in [9.17, 15) is 9.59 Å². The van der Waals surface area contributed by atoms with Crippen molar-refractivity contribution in [2.75, 3.05) is 4.90 Å². The first-order chi connectivity index (χ1) is 10.8. The van der Waals surface area contributed by atoms with Gasteiger partial charge < -0.3 is 9.47 Å². The fourth-order valence-electron chi connectivity index (χ4n) is 1.92. The average Bonchev–Trinajstić information content (AvgIpc) is 2.34. The van der Waals surface area contributed by atoms with E-state index >= 15 is 0 Å². The maximum absolute atomic E-state index is 12.6. The minimum atomic E-state index is -0.787. The number of hydrogen-bond donors (Lipinski definition) is 0. The molecular formula is C19H27NO4. The second-order valence-corrected chi connectivity index (χ2v) is 7.59. The molecule has 0 saturated carbocycles. The van der Waals surface area contributed by atoms with Crippen molar-refractivity contribution in [2.45, 2.75) is 59.7 Å². The maximum atomic E-state index is 12.6. The van der Waals surface area contributed by atoms with Crippen LogP contribution in [-0.2, 0) is 9.47 Å². The SMILES string of the molecule is C=C(C)c1ccccc1N(C(=O)OC(C)(C)C)C(=O)OC(C)(C)C. The number of imide groups is 1. The third-order valence-electron chi connectivity index (χ3n) is 2.76. The van der Waals surface area contributed by atoms with E-state index in [4.69, 9.17) is 9.47 Å². The van der Waals surface area contributed by atoms with E-state index in [1.807, 2.05) is 6.07 Å². The van der Waals surface area contributed by atoms with Crippen LogP contribution in [0.4, 0.5) is 15.3 Å². The lowest BCUT2D eigenvalue weighted by Gasteiger charge is -2.29. The minimum absolute atomic E-state index is 0.383. The van der Waals surface area contributed by atoms with E-state index < -0.39 is 23.4 Å². The van der Waals surface area contributed by atoms with Crippen molar-refractivity contribution in [3.05, 3.63) is 36.4 Å². The molecule has 5 heteroatoms. The number of anilines is 1. The molecule has 0 aromatic heterocycles. The van der Waals surface area contributed by atoms with Gasteiger partial charge in [-0.25, -0.2) is 9.59 Å². The highest BCUT2D eigenvalue weighted by Crippen LogP contribution is 2.29. The number of carbonyl (C=O) groups is 2. The van der Waals surface area contributed by atoms with Crippen molar-refractivity contribution in [2.24, 2.45) is 0 Å². The third kappa shape index (κ3) is 5.72. The molecule has 0 fully saturated rings. The number of nitrogens with zero attached hydrogens (tertiary/aromatic N) is 1. The number of ether oxygens (including phenoxy) is 2. The van der Waals surface area contributed by atoms with Crippen LogP contribution in [0.15, 0.2) is 30.8 Å². The maximum Gasteiger partial charge on any atom is 0.424 e. The molecule has 0 aliphatic rings. The van der Waals surface area contributed by atoms with Crippen molar-refractivity contribution in [3.8, 4) is 0 Å². The van der Waals surface area contributed by atoms with Gasteiger partial charge in [0.25, 0.3) is 0 Å². The van der Waals surface area contributed by atoms with Gasteiger partial charge in [-0.2, -0.15) is 4.90 Å². The topological polar surface area (TPSA) is 55.8 Å². The second-order valence-electron chi connectivity index (χ2n) is 7.59. The molecule has 5 nitrogen and oxygen atoms in total. The molecule has 0 atom stereocenters. The highest BCUT2D eigenvalue weighted by molar-refractivity contribution is 6.11. The Bertz CT molecular complexity index is 608. The quantitative estimate of drug-likeness (QED) is 0.727. The molecular weight excluding hydrogens is 306 g/mol. The van der Waals surface area contributed by atoms with Crippen molar-refractivity contribution in [1.82, 2.24) is 0 Å². The molecule has 132 valence electrons. The Kier molecular flexibility index (Phi) is 5.82. The summed E-state index contributed by atoms with van der Waals surface area (Å²) < 4.78 is 10.8. The molecule has 1 aromatic rings. The monoisotopic (exact) mass is 333 g/mol. The summed E-state index contributed by atoms with van der Waals surface area (Å²) in [4.78, 5) is 26.2. The lowest BCUT2D eigenvalue weighted by atomic mass is 10.1. The molecule has 0 saturated heterocycles. The Labute approximate surface area is 144 Å². The normalized spacial score (nSPS) is 11.6. The van der Waals surface area contributed by atoms with Crippen molar-refractivity contribution < 1.29 is 19.1 Å². The lowest BCUT2D eigenvalue weighted by Crippen LogP contribution is -2.44. The van der Waals surface area contributed by atoms with Gasteiger partial charge in [-0.3, -0.25) is 0 Å². The van der Waals surface area contributed by atoms with Crippen LogP contribution in [0.2, 0.25) is 0 Å². The van der Waals surface area contributed by atoms with Crippen molar-refractivity contribution in [1.29, 1.82) is 0 Å². The Hall–Kier alpha value is -2.30. The van der Waals surface area contributed by atoms with Crippen LogP contribution in [0.1, 0.15) is 54.0 Å². The van der Waals surface area contributed by atoms with E-state index in [0.717, 1.165) is 10.5 Å². The van der Waals surface area contributed by atoms with Gasteiger partial charge in [0.15, 0.2) is 0 Å². The summed E-state index contributed by atoms with van der Waals surface area (Å²) in [5, 5.41) is 0. The van der Waals surface area contributed by atoms with Crippen LogP contribution in [0.5, 0.6) is 0 Å². The minimum Gasteiger partial charge on any atom is -0.443 e. The van der Waals surface area contributed by atoms with Gasteiger partial charge in [-0.05, 0) is 60.1 Å². The summed E-state index contributed by atoms with van der Waals surface area (Å²) in [6.07, 6.45) is -1.57. The summed E-state index contributed by atoms with van der Waals surface area (Å²) in [5.74, 6) is 0. The highest BCUT2D eigenvalue weighted by atomic mass is 16.6. The van der Waals surface area contributed by atoms with E-state index in [-0.39, 0.29) is 0 Å². The predicted molar refractivity (Wildman–Crippen MR) is 96.1 cm³/mol. The van der Waals surface area contributed by atoms with Gasteiger partial charge in [0.1, 0.15) is 11.2 Å². The molecule has 24 heavy (non-hydrogen) atoms. The number of para-hydroxylation sites is 1. The number of amides is 2. The molecule has 0 heterocycles. The van der Waals surface area contributed by atoms with Crippen LogP contribution in [0, 0.1) is 0 Å². The zero-order valence-corrected chi connectivity index (χ0v) is 15.6. The van der Waals surface area contributed by atoms with Gasteiger partial charge in [0, 0.05) is 5.56 Å². The fraction of sp³-hybridized carbons (Fsp3) is 0.474. The molecule has 0 radical (unpaired) electrons. The van der Waals surface area contributed by atoms with Crippen LogP contribution in [0.3, 0.4) is 0 Å². The number of hydrogen-bond acceptors (Lipinski definition) is 4. The molecule has 1 rings (SSSR count). The smallest absolute Gasteiger partial charge is 0.424 e. The Balaban J connectivity index is 3.36. The van der Waals surface area contributed by atoms with E-state index in [1.54, 1.807) is 66.7 Å². The second kappa shape index (κ2) is 7.07. The summed E-state index contributed by atoms with van der Waals surface area (Å²) >= 11 is 0. The van der Waals surface area contributed by atoms with Crippen LogP contribution in [-0.4, -0.2) is 23.4 Å². The summed E-state index contributed by atoms with van der Waals surface area (Å²) in [6, 6.07) is 7.01. The Morgan fingerprint density at radius 3 is 1.71 bits per heavy atom. The standard InChI is InChI=1S/C19H27NO4/c1-13(2)14-11-9-10-12-15(14)20(16(21)23-18(3,4)5)17(22)24-19(6,7)8/h9-12H,1H2,2-8H3. The summed E-state index contributed by atoms with van der Waals surface area (Å²) in [5.41, 5.74) is 0.302. The summed E-state index contributed by atoms with van der Waals surface area (Å²) in [7, 11) is 0. The van der Waals surface area contributed by atoms with Crippen molar-refractivity contribution >= 4 is 23.4 Å². The van der Waals surface area contributed by atoms with Gasteiger partial charge in [0.2, 0.25) is 0 Å². The van der Waals surface area contributed by atoms with Crippen molar-refractivity contribution in [3.63, 3.8) is 0 Å². The van der Waals surface area contributed by atoms with Gasteiger partial charge in [-0.15, -0.1) is 0 Å². The number of benzene rings is 1. The van der Waals surface area contributed by atoms with Crippen LogP contribution >= 0.6 is 0 Å². The molecule has 1 aromatic carbocycles. The van der Waals surface area contributed by atoms with Crippen LogP contribution < -0.4 is 4.90 Å². The molecule has 0 unspecified atom stereocenters. The first-order valence-electron chi connectivity index (χ1n) is 7.83. The van der Waals surface area contributed by atoms with Gasteiger partial charge >= 0.3 is 12.2 Å². The first kappa shape index (κ1) is 19.7. The lowest BCUT2D eigenvalue weighted by molar-refractivity contribution is 0.0430. The predicted octanol–water partition coefficient (Wildman–Crippen LogP) is 5.40. The molecule has 0 aliphatic heterocycles. The summed E-state index contributed by atoms with van der Waals surface area (Å²) in [6.45, 7) is 16.1. The molecule has 2 amide bonds. The van der Waals surface area contributed by atoms with E-state index in [1.165, 1.54) is 0 Å². The number of rotatable bonds is 2. The molecule has 0 N–H and O–H groups in total. The van der Waals surface area contributed by atoms with Gasteiger partial charge in [-0.1, -0.05) is 24.8 Å². The molecule has 0 spiro atoms. The zero-order chi connectivity index (χ0) is 18.7. The Morgan fingerprint density at radius 2 is 1.33 bits per heavy atom. The zero-order valence-electron chi connectivity index (χ0n) is 15.6. The first-order valence-corrected chi connectivity index (χ1v) is 7.83. The van der Waals surface area contributed by atoms with Crippen LogP contribution in [0.25, 0.3) is 5.57 Å². The third-order valence-corrected chi connectivity index (χ3v) is 2.76. The van der Waals surface area contributed by atoms with E-state index in [0.29, 0.717) is 11.3 Å². The average molecular weight is 333 g/mol. The largest absolute Gasteiger partial charge is 0.443 e. The Morgan fingerprint density at radius 1 is 0.917 bits per heavy atom. The van der Waals surface area contributed by atoms with Gasteiger partial charge in [0.05, 0.1) is 5.69 Å². The number of allylic oxidation sites excluding steroid dienone is 1.